The quantitative estimate of drug-likeness (QED) is 0.366. The lowest BCUT2D eigenvalue weighted by atomic mass is 10.6. The minimum Gasteiger partial charge on any atom is -0.258 e. The molecule has 2 heterocycles. The van der Waals surface area contributed by atoms with Crippen LogP contribution in [0.4, 0.5) is 5.69 Å². The van der Waals surface area contributed by atoms with Crippen molar-refractivity contribution in [2.75, 3.05) is 0 Å². The summed E-state index contributed by atoms with van der Waals surface area (Å²) in [5, 5.41) is 10.8. The highest BCUT2D eigenvalue weighted by molar-refractivity contribution is 8.01. The van der Waals surface area contributed by atoms with E-state index in [1.165, 1.54) is 6.33 Å². The summed E-state index contributed by atoms with van der Waals surface area (Å²) in [5.41, 5.74) is -0.204. The molecule has 0 radical (unpaired) electrons. The summed E-state index contributed by atoms with van der Waals surface area (Å²) in [7, 11) is 0. The molecule has 10 heteroatoms. The molecule has 0 fully saturated rings. The lowest BCUT2D eigenvalue weighted by Gasteiger charge is -1.98. The van der Waals surface area contributed by atoms with Crippen molar-refractivity contribution in [2.45, 2.75) is 9.37 Å². The molecule has 0 atom stereocenters. The van der Waals surface area contributed by atoms with Gasteiger partial charge in [-0.2, -0.15) is 4.37 Å². The molecule has 0 amide bonds. The van der Waals surface area contributed by atoms with Gasteiger partial charge in [0, 0.05) is 0 Å². The van der Waals surface area contributed by atoms with Crippen molar-refractivity contribution in [3.63, 3.8) is 0 Å². The Balaban J connectivity index is 2.38. The van der Waals surface area contributed by atoms with E-state index in [1.807, 2.05) is 0 Å². The van der Waals surface area contributed by atoms with Crippen molar-refractivity contribution < 1.29 is 4.92 Å². The van der Waals surface area contributed by atoms with Gasteiger partial charge in [-0.1, -0.05) is 0 Å². The Morgan fingerprint density at radius 1 is 1.50 bits per heavy atom. The second-order valence-corrected chi connectivity index (χ2v) is 4.75. The zero-order chi connectivity index (χ0) is 11.5. The van der Waals surface area contributed by atoms with E-state index < -0.39 is 4.92 Å². The normalized spacial score (nSPS) is 10.3. The number of rotatable bonds is 3. The van der Waals surface area contributed by atoms with E-state index in [2.05, 4.69) is 19.3 Å². The Bertz CT molecular complexity index is 520. The molecule has 0 N–H and O–H groups in total. The fraction of sp³-hybridized carbons (Fsp3) is 0. The smallest absolute Gasteiger partial charge is 0.258 e. The SMILES string of the molecule is O=[N+]([O-])c1cnc(Cl)nc1Sc1ncns1. The number of nitrogens with zero attached hydrogens (tertiary/aromatic N) is 5. The Morgan fingerprint density at radius 3 is 2.94 bits per heavy atom. The van der Waals surface area contributed by atoms with Gasteiger partial charge >= 0.3 is 5.69 Å². The van der Waals surface area contributed by atoms with E-state index >= 15 is 0 Å². The summed E-state index contributed by atoms with van der Waals surface area (Å²) in [6.45, 7) is 0. The van der Waals surface area contributed by atoms with Crippen molar-refractivity contribution >= 4 is 40.6 Å². The van der Waals surface area contributed by atoms with Gasteiger partial charge in [0.25, 0.3) is 0 Å². The van der Waals surface area contributed by atoms with Crippen molar-refractivity contribution in [3.05, 3.63) is 27.9 Å². The molecule has 82 valence electrons. The molecule has 0 saturated carbocycles. The highest BCUT2D eigenvalue weighted by atomic mass is 35.5. The number of nitro groups is 1. The maximum Gasteiger partial charge on any atom is 0.320 e. The van der Waals surface area contributed by atoms with Gasteiger partial charge in [0.15, 0.2) is 9.37 Å². The third-order valence-electron chi connectivity index (χ3n) is 1.43. The van der Waals surface area contributed by atoms with Crippen LogP contribution >= 0.6 is 34.9 Å². The Hall–Kier alpha value is -1.32. The molecule has 2 aromatic rings. The Morgan fingerprint density at radius 2 is 2.31 bits per heavy atom. The first kappa shape index (κ1) is 11.2. The van der Waals surface area contributed by atoms with E-state index in [9.17, 15) is 10.1 Å². The highest BCUT2D eigenvalue weighted by Crippen LogP contribution is 2.33. The van der Waals surface area contributed by atoms with Gasteiger partial charge in [0.05, 0.1) is 4.92 Å². The molecule has 0 unspecified atom stereocenters. The van der Waals surface area contributed by atoms with Crippen molar-refractivity contribution in [1.82, 2.24) is 19.3 Å². The molecule has 16 heavy (non-hydrogen) atoms. The summed E-state index contributed by atoms with van der Waals surface area (Å²) in [6, 6.07) is 0. The van der Waals surface area contributed by atoms with Crippen LogP contribution < -0.4 is 0 Å². The second kappa shape index (κ2) is 4.68. The van der Waals surface area contributed by atoms with Crippen molar-refractivity contribution in [1.29, 1.82) is 0 Å². The summed E-state index contributed by atoms with van der Waals surface area (Å²) in [4.78, 5) is 21.4. The molecule has 0 aromatic carbocycles. The van der Waals surface area contributed by atoms with Crippen LogP contribution in [-0.2, 0) is 0 Å². The van der Waals surface area contributed by atoms with Gasteiger partial charge in [0.2, 0.25) is 5.28 Å². The minimum atomic E-state index is -0.570. The lowest BCUT2D eigenvalue weighted by molar-refractivity contribution is -0.388. The summed E-state index contributed by atoms with van der Waals surface area (Å²) >= 11 is 7.72. The van der Waals surface area contributed by atoms with Crippen LogP contribution in [-0.4, -0.2) is 24.2 Å². The van der Waals surface area contributed by atoms with Gasteiger partial charge in [0.1, 0.15) is 12.5 Å². The van der Waals surface area contributed by atoms with Crippen LogP contribution in [0.1, 0.15) is 0 Å². The molecule has 0 aliphatic carbocycles. The van der Waals surface area contributed by atoms with Crippen molar-refractivity contribution in [2.24, 2.45) is 0 Å². The summed E-state index contributed by atoms with van der Waals surface area (Å²) < 4.78 is 4.33. The molecule has 2 rings (SSSR count). The molecule has 0 saturated heterocycles. The molecule has 7 nitrogen and oxygen atoms in total. The predicted octanol–water partition coefficient (Wildman–Crippen LogP) is 2.04. The molecule has 0 aliphatic rings. The number of hydrogen-bond donors (Lipinski definition) is 0. The standard InChI is InChI=1S/C6H2ClN5O2S2/c7-5-8-1-3(12(13)14)4(11-5)15-6-9-2-10-16-6/h1-2H. The van der Waals surface area contributed by atoms with Crippen molar-refractivity contribution in [3.8, 4) is 0 Å². The van der Waals surface area contributed by atoms with Crippen LogP contribution in [0.5, 0.6) is 0 Å². The van der Waals surface area contributed by atoms with Crippen LogP contribution in [0.25, 0.3) is 0 Å². The van der Waals surface area contributed by atoms with E-state index in [0.29, 0.717) is 4.34 Å². The number of aromatic nitrogens is 4. The largest absolute Gasteiger partial charge is 0.320 e. The van der Waals surface area contributed by atoms with E-state index in [1.54, 1.807) is 0 Å². The van der Waals surface area contributed by atoms with Crippen LogP contribution in [0.2, 0.25) is 5.28 Å². The molecule has 0 bridgehead atoms. The van der Waals surface area contributed by atoms with E-state index in [4.69, 9.17) is 11.6 Å². The van der Waals surface area contributed by atoms with Gasteiger partial charge < -0.3 is 0 Å². The van der Waals surface area contributed by atoms with Gasteiger partial charge in [-0.25, -0.2) is 15.0 Å². The van der Waals surface area contributed by atoms with Gasteiger partial charge in [-0.15, -0.1) is 0 Å². The van der Waals surface area contributed by atoms with E-state index in [0.717, 1.165) is 29.5 Å². The third-order valence-corrected chi connectivity index (χ3v) is 3.32. The zero-order valence-corrected chi connectivity index (χ0v) is 9.79. The maximum absolute atomic E-state index is 10.7. The topological polar surface area (TPSA) is 94.7 Å². The van der Waals surface area contributed by atoms with E-state index in [-0.39, 0.29) is 16.0 Å². The Kier molecular flexibility index (Phi) is 3.27. The molecule has 0 spiro atoms. The Labute approximate surface area is 102 Å². The monoisotopic (exact) mass is 275 g/mol. The van der Waals surface area contributed by atoms with Crippen LogP contribution in [0, 0.1) is 10.1 Å². The van der Waals surface area contributed by atoms with Crippen LogP contribution in [0.15, 0.2) is 21.9 Å². The molecule has 2 aromatic heterocycles. The van der Waals surface area contributed by atoms with Crippen LogP contribution in [0.3, 0.4) is 0 Å². The minimum absolute atomic E-state index is 0.0439. The zero-order valence-electron chi connectivity index (χ0n) is 7.40. The maximum atomic E-state index is 10.7. The first-order chi connectivity index (χ1) is 7.66. The lowest BCUT2D eigenvalue weighted by Crippen LogP contribution is -1.95. The third kappa shape index (κ3) is 2.43. The van der Waals surface area contributed by atoms with Gasteiger partial charge in [-0.05, 0) is 34.9 Å². The highest BCUT2D eigenvalue weighted by Gasteiger charge is 2.19. The first-order valence-corrected chi connectivity index (χ1v) is 5.75. The summed E-state index contributed by atoms with van der Waals surface area (Å²) in [5.74, 6) is 0. The molecule has 0 aliphatic heterocycles. The van der Waals surface area contributed by atoms with Gasteiger partial charge in [-0.3, -0.25) is 10.1 Å². The first-order valence-electron chi connectivity index (χ1n) is 3.78. The average Bonchev–Trinajstić information content (AvgIpc) is 2.70. The average molecular weight is 276 g/mol. The molecular weight excluding hydrogens is 274 g/mol. The number of halogens is 1. The number of hydrogen-bond acceptors (Lipinski definition) is 8. The predicted molar refractivity (Wildman–Crippen MR) is 57.7 cm³/mol. The summed E-state index contributed by atoms with van der Waals surface area (Å²) in [6.07, 6.45) is 2.43. The fourth-order valence-electron chi connectivity index (χ4n) is 0.831. The fourth-order valence-corrected chi connectivity index (χ4v) is 2.44. The molecular formula is C6H2ClN5O2S2. The second-order valence-electron chi connectivity index (χ2n) is 2.40.